The Morgan fingerprint density at radius 3 is 2.22 bits per heavy atom. The zero-order valence-corrected chi connectivity index (χ0v) is 23.1. The molecule has 1 aliphatic rings. The summed E-state index contributed by atoms with van der Waals surface area (Å²) in [4.78, 5) is 15.0. The molecule has 1 heterocycles. The summed E-state index contributed by atoms with van der Waals surface area (Å²) in [6, 6.07) is 7.13. The molecule has 1 aliphatic heterocycles. The van der Waals surface area contributed by atoms with E-state index in [1.165, 1.54) is 0 Å². The molecule has 0 aliphatic carbocycles. The van der Waals surface area contributed by atoms with Crippen LogP contribution in [0.3, 0.4) is 0 Å². The smallest absolute Gasteiger partial charge is 0.197 e. The van der Waals surface area contributed by atoms with Gasteiger partial charge in [-0.3, -0.25) is 10.2 Å². The second-order valence-corrected chi connectivity index (χ2v) is 10.1. The Bertz CT molecular complexity index is 1120. The summed E-state index contributed by atoms with van der Waals surface area (Å²) in [6.07, 6.45) is 0. The summed E-state index contributed by atoms with van der Waals surface area (Å²) in [5.74, 6) is -0.637. The summed E-state index contributed by atoms with van der Waals surface area (Å²) in [5.41, 5.74) is 1.74. The lowest BCUT2D eigenvalue weighted by Crippen LogP contribution is -2.42. The van der Waals surface area contributed by atoms with Crippen LogP contribution >= 0.6 is 0 Å². The summed E-state index contributed by atoms with van der Waals surface area (Å²) in [7, 11) is 0. The molecule has 0 aromatic heterocycles. The van der Waals surface area contributed by atoms with Crippen molar-refractivity contribution in [3.8, 4) is 11.5 Å². The van der Waals surface area contributed by atoms with E-state index >= 15 is 4.39 Å². The molecule has 6 nitrogen and oxygen atoms in total. The van der Waals surface area contributed by atoms with Crippen LogP contribution in [-0.2, 0) is 17.6 Å². The average molecular weight is 501 g/mol. The van der Waals surface area contributed by atoms with Gasteiger partial charge < -0.3 is 19.5 Å². The number of nitrogens with zero attached hydrogens (tertiary/aromatic N) is 1. The number of aliphatic hydroxyl groups is 1. The third-order valence-corrected chi connectivity index (χ3v) is 6.28. The summed E-state index contributed by atoms with van der Waals surface area (Å²) in [6.45, 7) is 17.7. The highest BCUT2D eigenvalue weighted by molar-refractivity contribution is 6.07. The van der Waals surface area contributed by atoms with E-state index in [1.54, 1.807) is 24.0 Å². The van der Waals surface area contributed by atoms with Crippen LogP contribution in [0.2, 0.25) is 0 Å². The molecule has 0 unspecified atom stereocenters. The molecule has 0 bridgehead atoms. The van der Waals surface area contributed by atoms with Gasteiger partial charge in [-0.05, 0) is 68.0 Å². The average Bonchev–Trinajstić information content (AvgIpc) is 3.02. The number of halogens is 1. The molecule has 0 saturated heterocycles. The van der Waals surface area contributed by atoms with E-state index in [4.69, 9.17) is 14.9 Å². The fourth-order valence-corrected chi connectivity index (χ4v) is 4.31. The molecule has 198 valence electrons. The van der Waals surface area contributed by atoms with E-state index < -0.39 is 11.4 Å². The number of aliphatic hydroxyl groups excluding tert-OH is 1. The normalized spacial score (nSPS) is 14.2. The van der Waals surface area contributed by atoms with Crippen molar-refractivity contribution in [2.45, 2.75) is 79.9 Å². The van der Waals surface area contributed by atoms with Gasteiger partial charge in [-0.2, -0.15) is 0 Å². The summed E-state index contributed by atoms with van der Waals surface area (Å²) < 4.78 is 26.7. The largest absolute Gasteiger partial charge is 0.490 e. The number of benzene rings is 2. The number of ether oxygens (including phenoxy) is 2. The molecule has 0 spiro atoms. The third-order valence-electron chi connectivity index (χ3n) is 6.28. The lowest BCUT2D eigenvalue weighted by Gasteiger charge is -2.33. The molecular weight excluding hydrogens is 459 g/mol. The molecule has 36 heavy (non-hydrogen) atoms. The highest BCUT2D eigenvalue weighted by Crippen LogP contribution is 2.46. The SMILES string of the molecule is CC.CCOc1cc2c(c(F)c1OCC)C(=N)N(CC(=O)c1cc(CO)cc(C(C)(C)C)c1)C2(C)C. The predicted molar refractivity (Wildman–Crippen MR) is 142 cm³/mol. The van der Waals surface area contributed by atoms with Crippen LogP contribution in [0.1, 0.15) is 94.9 Å². The number of hydrogen-bond acceptors (Lipinski definition) is 5. The number of rotatable bonds is 8. The minimum atomic E-state index is -0.818. The molecule has 2 N–H and O–H groups in total. The van der Waals surface area contributed by atoms with E-state index in [1.807, 2.05) is 67.5 Å². The van der Waals surface area contributed by atoms with Gasteiger partial charge in [-0.1, -0.05) is 40.7 Å². The van der Waals surface area contributed by atoms with Gasteiger partial charge in [0.25, 0.3) is 0 Å². The first-order valence-electron chi connectivity index (χ1n) is 12.6. The topological polar surface area (TPSA) is 82.9 Å². The van der Waals surface area contributed by atoms with Crippen LogP contribution in [0, 0.1) is 11.2 Å². The Morgan fingerprint density at radius 1 is 1.08 bits per heavy atom. The van der Waals surface area contributed by atoms with Crippen LogP contribution in [0.4, 0.5) is 4.39 Å². The Labute approximate surface area is 214 Å². The number of hydrogen-bond donors (Lipinski definition) is 2. The third kappa shape index (κ3) is 5.56. The molecule has 0 amide bonds. The molecule has 2 aromatic carbocycles. The number of fused-ring (bicyclic) bond motifs is 1. The second kappa shape index (κ2) is 11.4. The van der Waals surface area contributed by atoms with E-state index in [0.29, 0.717) is 29.0 Å². The van der Waals surface area contributed by atoms with Crippen molar-refractivity contribution in [2.75, 3.05) is 19.8 Å². The van der Waals surface area contributed by atoms with Crippen molar-refractivity contribution < 1.29 is 23.8 Å². The lowest BCUT2D eigenvalue weighted by atomic mass is 9.84. The molecule has 0 radical (unpaired) electrons. The number of amidine groups is 1. The van der Waals surface area contributed by atoms with Crippen molar-refractivity contribution in [1.29, 1.82) is 5.41 Å². The highest BCUT2D eigenvalue weighted by atomic mass is 19.1. The lowest BCUT2D eigenvalue weighted by molar-refractivity contribution is 0.0920. The van der Waals surface area contributed by atoms with E-state index in [0.717, 1.165) is 5.56 Å². The fraction of sp³-hybridized carbons (Fsp3) is 0.517. The predicted octanol–water partition coefficient (Wildman–Crippen LogP) is 6.20. The maximum atomic E-state index is 15.6. The van der Waals surface area contributed by atoms with Gasteiger partial charge in [0.05, 0.1) is 37.5 Å². The van der Waals surface area contributed by atoms with Gasteiger partial charge in [-0.15, -0.1) is 0 Å². The molecule has 2 aromatic rings. The molecule has 3 rings (SSSR count). The standard InChI is InChI=1S/C27H35FN2O4.C2H6/c1-8-33-21-13-19-22(23(28)24(21)34-9-2)25(29)30(27(19,6)7)14-20(32)17-10-16(15-31)11-18(12-17)26(3,4)5;1-2/h10-13,29,31H,8-9,14-15H2,1-7H3;1-2H3. The Hall–Kier alpha value is -2.93. The Balaban J connectivity index is 0.00000222. The zero-order chi connectivity index (χ0) is 27.4. The first-order chi connectivity index (χ1) is 16.9. The van der Waals surface area contributed by atoms with Gasteiger partial charge in [0.15, 0.2) is 23.1 Å². The first kappa shape index (κ1) is 29.3. The van der Waals surface area contributed by atoms with Crippen molar-refractivity contribution in [2.24, 2.45) is 0 Å². The molecule has 0 saturated carbocycles. The van der Waals surface area contributed by atoms with Crippen molar-refractivity contribution in [3.63, 3.8) is 0 Å². The minimum Gasteiger partial charge on any atom is -0.490 e. The van der Waals surface area contributed by atoms with Crippen LogP contribution in [0.5, 0.6) is 11.5 Å². The second-order valence-electron chi connectivity index (χ2n) is 10.1. The van der Waals surface area contributed by atoms with Gasteiger partial charge in [0, 0.05) is 5.56 Å². The van der Waals surface area contributed by atoms with Gasteiger partial charge in [-0.25, -0.2) is 4.39 Å². The monoisotopic (exact) mass is 500 g/mol. The summed E-state index contributed by atoms with van der Waals surface area (Å²) >= 11 is 0. The van der Waals surface area contributed by atoms with Gasteiger partial charge in [0.1, 0.15) is 5.84 Å². The Morgan fingerprint density at radius 2 is 1.69 bits per heavy atom. The van der Waals surface area contributed by atoms with Gasteiger partial charge >= 0.3 is 0 Å². The number of ketones is 1. The van der Waals surface area contributed by atoms with Crippen LogP contribution in [0.15, 0.2) is 24.3 Å². The number of Topliss-reactive ketones (excluding diaryl/α,β-unsaturated/α-hetero) is 1. The number of carbonyl (C=O) groups is 1. The van der Waals surface area contributed by atoms with Crippen LogP contribution < -0.4 is 9.47 Å². The molecule has 7 heteroatoms. The van der Waals surface area contributed by atoms with Crippen LogP contribution in [-0.4, -0.2) is 41.4 Å². The summed E-state index contributed by atoms with van der Waals surface area (Å²) in [5, 5.41) is 18.5. The molecule has 0 atom stereocenters. The first-order valence-corrected chi connectivity index (χ1v) is 12.6. The molecule has 0 fully saturated rings. The Kier molecular flexibility index (Phi) is 9.29. The van der Waals surface area contributed by atoms with Crippen LogP contribution in [0.25, 0.3) is 0 Å². The zero-order valence-electron chi connectivity index (χ0n) is 23.1. The van der Waals surface area contributed by atoms with Gasteiger partial charge in [0.2, 0.25) is 0 Å². The minimum absolute atomic E-state index is 0.0118. The maximum Gasteiger partial charge on any atom is 0.197 e. The highest BCUT2D eigenvalue weighted by Gasteiger charge is 2.45. The maximum absolute atomic E-state index is 15.6. The van der Waals surface area contributed by atoms with Crippen molar-refractivity contribution in [1.82, 2.24) is 4.90 Å². The van der Waals surface area contributed by atoms with E-state index in [9.17, 15) is 9.90 Å². The number of nitrogens with one attached hydrogen (secondary N) is 1. The van der Waals surface area contributed by atoms with E-state index in [-0.39, 0.29) is 48.1 Å². The molecular formula is C29H41FN2O4. The number of carbonyl (C=O) groups excluding carboxylic acids is 1. The van der Waals surface area contributed by atoms with Crippen molar-refractivity contribution >= 4 is 11.6 Å². The van der Waals surface area contributed by atoms with E-state index in [2.05, 4.69) is 0 Å². The van der Waals surface area contributed by atoms with Crippen molar-refractivity contribution in [3.05, 3.63) is 57.9 Å². The fourth-order valence-electron chi connectivity index (χ4n) is 4.31. The quantitative estimate of drug-likeness (QED) is 0.422.